The Morgan fingerprint density at radius 1 is 0.947 bits per heavy atom. The molecule has 202 valence electrons. The fourth-order valence-electron chi connectivity index (χ4n) is 6.46. The van der Waals surface area contributed by atoms with Crippen LogP contribution in [0.2, 0.25) is 0 Å². The van der Waals surface area contributed by atoms with Gasteiger partial charge in [0.05, 0.1) is 12.2 Å². The second-order valence-corrected chi connectivity index (χ2v) is 11.1. The first-order chi connectivity index (χ1) is 18.5. The van der Waals surface area contributed by atoms with E-state index in [0.29, 0.717) is 6.04 Å². The zero-order valence-electron chi connectivity index (χ0n) is 23.9. The van der Waals surface area contributed by atoms with Crippen LogP contribution in [0.3, 0.4) is 0 Å². The van der Waals surface area contributed by atoms with E-state index in [2.05, 4.69) is 87.3 Å². The van der Waals surface area contributed by atoms with Gasteiger partial charge >= 0.3 is 0 Å². The second kappa shape index (κ2) is 12.0. The molecule has 2 heterocycles. The van der Waals surface area contributed by atoms with Gasteiger partial charge in [0, 0.05) is 36.0 Å². The third-order valence-electron chi connectivity index (χ3n) is 8.27. The number of aryl methyl sites for hydroxylation is 4. The molecule has 2 aliphatic rings. The van der Waals surface area contributed by atoms with E-state index in [0.717, 1.165) is 56.2 Å². The molecule has 5 rings (SSSR count). The third-order valence-corrected chi connectivity index (χ3v) is 8.27. The summed E-state index contributed by atoms with van der Waals surface area (Å²) in [6, 6.07) is 16.0. The van der Waals surface area contributed by atoms with Crippen molar-refractivity contribution in [1.29, 1.82) is 0 Å². The molecule has 0 saturated carbocycles. The number of hydrogen-bond acceptors (Lipinski definition) is 5. The summed E-state index contributed by atoms with van der Waals surface area (Å²) >= 11 is 0. The maximum Gasteiger partial charge on any atom is 0.162 e. The van der Waals surface area contributed by atoms with Crippen LogP contribution in [-0.4, -0.2) is 41.8 Å². The van der Waals surface area contributed by atoms with Crippen molar-refractivity contribution in [3.63, 3.8) is 0 Å². The van der Waals surface area contributed by atoms with E-state index >= 15 is 0 Å². The highest BCUT2D eigenvalue weighted by Crippen LogP contribution is 2.33. The number of benzene rings is 2. The van der Waals surface area contributed by atoms with Crippen molar-refractivity contribution in [2.24, 2.45) is 0 Å². The first-order valence-electron chi connectivity index (χ1n) is 14.7. The maximum absolute atomic E-state index is 6.09. The van der Waals surface area contributed by atoms with E-state index in [1.54, 1.807) is 0 Å². The molecule has 5 heteroatoms. The molecule has 3 atom stereocenters. The lowest BCUT2D eigenvalue weighted by Crippen LogP contribution is -2.46. The van der Waals surface area contributed by atoms with Gasteiger partial charge in [0.25, 0.3) is 0 Å². The predicted molar refractivity (Wildman–Crippen MR) is 157 cm³/mol. The van der Waals surface area contributed by atoms with Crippen molar-refractivity contribution in [1.82, 2.24) is 15.3 Å². The molecule has 2 aromatic carbocycles. The zero-order valence-corrected chi connectivity index (χ0v) is 23.9. The first-order valence-corrected chi connectivity index (χ1v) is 14.7. The number of rotatable bonds is 8. The summed E-state index contributed by atoms with van der Waals surface area (Å²) in [5.74, 6) is 1.96. The van der Waals surface area contributed by atoms with Crippen LogP contribution in [0.5, 0.6) is 0 Å². The highest BCUT2D eigenvalue weighted by Gasteiger charge is 2.28. The molecule has 2 unspecified atom stereocenters. The Kier molecular flexibility index (Phi) is 8.45. The fraction of sp³-hybridized carbons (Fsp3) is 0.515. The van der Waals surface area contributed by atoms with Gasteiger partial charge in [0.1, 0.15) is 5.82 Å². The highest BCUT2D eigenvalue weighted by atomic mass is 16.5. The molecule has 0 spiro atoms. The third kappa shape index (κ3) is 5.64. The number of ether oxygens (including phenoxy) is 1. The van der Waals surface area contributed by atoms with Gasteiger partial charge in [-0.3, -0.25) is 0 Å². The van der Waals surface area contributed by atoms with Gasteiger partial charge in [0.15, 0.2) is 5.82 Å². The van der Waals surface area contributed by atoms with Crippen LogP contribution in [0.1, 0.15) is 80.1 Å². The summed E-state index contributed by atoms with van der Waals surface area (Å²) in [4.78, 5) is 13.0. The van der Waals surface area contributed by atoms with Gasteiger partial charge in [-0.1, -0.05) is 56.3 Å². The summed E-state index contributed by atoms with van der Waals surface area (Å²) in [6.07, 6.45) is 6.85. The van der Waals surface area contributed by atoms with Gasteiger partial charge in [-0.2, -0.15) is 0 Å². The average Bonchev–Trinajstić information content (AvgIpc) is 2.92. The van der Waals surface area contributed by atoms with Crippen molar-refractivity contribution in [2.75, 3.05) is 24.5 Å². The summed E-state index contributed by atoms with van der Waals surface area (Å²) in [7, 11) is 0. The maximum atomic E-state index is 6.09. The van der Waals surface area contributed by atoms with Gasteiger partial charge in [-0.05, 0) is 88.1 Å². The smallest absolute Gasteiger partial charge is 0.162 e. The van der Waals surface area contributed by atoms with Crippen molar-refractivity contribution >= 4 is 5.82 Å². The lowest BCUT2D eigenvalue weighted by atomic mass is 9.87. The minimum absolute atomic E-state index is 0.177. The molecule has 1 aliphatic carbocycles. The standard InChI is InChI=1S/C33H44N4O/c1-6-25-13-10-14-26(7-2)31(25)32-35-24(5)28(33(36-32)37-20-22(3)38-23(4)21-37)18-19-34-30-17-11-15-27-12-8-9-16-29(27)30/h8-10,12-14,16,22-23,30,34H,6-7,11,15,17-21H2,1-5H3/t22?,23?,30-/m0/s1. The minimum Gasteiger partial charge on any atom is -0.372 e. The predicted octanol–water partition coefficient (Wildman–Crippen LogP) is 6.40. The molecule has 38 heavy (non-hydrogen) atoms. The van der Waals surface area contributed by atoms with E-state index in [-0.39, 0.29) is 12.2 Å². The van der Waals surface area contributed by atoms with E-state index < -0.39 is 0 Å². The Labute approximate surface area is 229 Å². The molecule has 0 amide bonds. The number of aromatic nitrogens is 2. The normalized spacial score (nSPS) is 21.4. The van der Waals surface area contributed by atoms with Crippen LogP contribution in [0, 0.1) is 6.92 Å². The summed E-state index contributed by atoms with van der Waals surface area (Å²) in [5.41, 5.74) is 9.20. The van der Waals surface area contributed by atoms with Crippen molar-refractivity contribution in [3.8, 4) is 11.4 Å². The highest BCUT2D eigenvalue weighted by molar-refractivity contribution is 5.68. The Morgan fingerprint density at radius 3 is 2.37 bits per heavy atom. The molecule has 5 nitrogen and oxygen atoms in total. The van der Waals surface area contributed by atoms with Gasteiger partial charge in [-0.15, -0.1) is 0 Å². The Morgan fingerprint density at radius 2 is 1.66 bits per heavy atom. The van der Waals surface area contributed by atoms with E-state index in [1.807, 2.05) is 0 Å². The monoisotopic (exact) mass is 512 g/mol. The van der Waals surface area contributed by atoms with Crippen LogP contribution in [-0.2, 0) is 30.4 Å². The van der Waals surface area contributed by atoms with Crippen LogP contribution in [0.15, 0.2) is 42.5 Å². The van der Waals surface area contributed by atoms with Crippen molar-refractivity contribution in [2.45, 2.75) is 91.4 Å². The van der Waals surface area contributed by atoms with E-state index in [4.69, 9.17) is 14.7 Å². The topological polar surface area (TPSA) is 50.3 Å². The SMILES string of the molecule is CCc1cccc(CC)c1-c1nc(C)c(CCN[C@H]2CCCc3ccccc32)c(N2CC(C)OC(C)C2)n1. The molecule has 3 aromatic rings. The summed E-state index contributed by atoms with van der Waals surface area (Å²) < 4.78 is 6.09. The van der Waals surface area contributed by atoms with E-state index in [9.17, 15) is 0 Å². The Hall–Kier alpha value is -2.76. The second-order valence-electron chi connectivity index (χ2n) is 11.1. The summed E-state index contributed by atoms with van der Waals surface area (Å²) in [6.45, 7) is 13.6. The summed E-state index contributed by atoms with van der Waals surface area (Å²) in [5, 5.41) is 3.89. The molecule has 1 saturated heterocycles. The minimum atomic E-state index is 0.177. The molecule has 1 fully saturated rings. The Bertz CT molecular complexity index is 1220. The lowest BCUT2D eigenvalue weighted by Gasteiger charge is -2.37. The number of hydrogen-bond donors (Lipinski definition) is 1. The van der Waals surface area contributed by atoms with Crippen LogP contribution >= 0.6 is 0 Å². The number of morpholine rings is 1. The Balaban J connectivity index is 1.48. The zero-order chi connectivity index (χ0) is 26.6. The number of fused-ring (bicyclic) bond motifs is 1. The van der Waals surface area contributed by atoms with Crippen molar-refractivity contribution < 1.29 is 4.74 Å². The molecule has 1 aromatic heterocycles. The molecule has 1 aliphatic heterocycles. The molecular weight excluding hydrogens is 468 g/mol. The number of nitrogens with zero attached hydrogens (tertiary/aromatic N) is 3. The largest absolute Gasteiger partial charge is 0.372 e. The molecule has 0 bridgehead atoms. The first kappa shape index (κ1) is 26.8. The fourth-order valence-corrected chi connectivity index (χ4v) is 6.46. The van der Waals surface area contributed by atoms with Gasteiger partial charge in [0.2, 0.25) is 0 Å². The number of nitrogens with one attached hydrogen (secondary N) is 1. The van der Waals surface area contributed by atoms with Crippen LogP contribution in [0.25, 0.3) is 11.4 Å². The van der Waals surface area contributed by atoms with Crippen molar-refractivity contribution in [3.05, 3.63) is 76.0 Å². The van der Waals surface area contributed by atoms with Gasteiger partial charge < -0.3 is 15.0 Å². The molecular formula is C33H44N4O. The van der Waals surface area contributed by atoms with Crippen LogP contribution < -0.4 is 10.2 Å². The molecule has 0 radical (unpaired) electrons. The lowest BCUT2D eigenvalue weighted by molar-refractivity contribution is -0.00551. The van der Waals surface area contributed by atoms with Crippen LogP contribution in [0.4, 0.5) is 5.82 Å². The quantitative estimate of drug-likeness (QED) is 0.378. The van der Waals surface area contributed by atoms with Gasteiger partial charge in [-0.25, -0.2) is 9.97 Å². The van der Waals surface area contributed by atoms with E-state index in [1.165, 1.54) is 52.6 Å². The molecule has 1 N–H and O–H groups in total. The average molecular weight is 513 g/mol. The number of anilines is 1.